The predicted octanol–water partition coefficient (Wildman–Crippen LogP) is 4.54. The summed E-state index contributed by atoms with van der Waals surface area (Å²) in [5.74, 6) is 1.17. The van der Waals surface area contributed by atoms with Crippen molar-refractivity contribution in [2.75, 3.05) is 26.2 Å². The van der Waals surface area contributed by atoms with Crippen LogP contribution in [0.3, 0.4) is 0 Å². The highest BCUT2D eigenvalue weighted by Gasteiger charge is 2.15. The molecule has 1 saturated heterocycles. The van der Waals surface area contributed by atoms with Crippen molar-refractivity contribution in [3.63, 3.8) is 0 Å². The Kier molecular flexibility index (Phi) is 7.10. The summed E-state index contributed by atoms with van der Waals surface area (Å²) in [6, 6.07) is 4.02. The lowest BCUT2D eigenvalue weighted by atomic mass is 9.99. The molecule has 23 heavy (non-hydrogen) atoms. The first-order valence-corrected chi connectivity index (χ1v) is 9.11. The number of carbonyl (C=O) groups is 1. The number of hydrogen-bond acceptors (Lipinski definition) is 3. The van der Waals surface area contributed by atoms with Crippen molar-refractivity contribution in [3.8, 4) is 5.75 Å². The molecule has 0 N–H and O–H groups in total. The summed E-state index contributed by atoms with van der Waals surface area (Å²) >= 11 is 0. The van der Waals surface area contributed by atoms with Crippen LogP contribution in [0.5, 0.6) is 5.75 Å². The van der Waals surface area contributed by atoms with Gasteiger partial charge in [0, 0.05) is 18.5 Å². The highest BCUT2D eigenvalue weighted by atomic mass is 16.5. The molecule has 0 atom stereocenters. The van der Waals surface area contributed by atoms with Gasteiger partial charge in [0.25, 0.3) is 0 Å². The SMILES string of the molecule is CCCOc1cc(C)c(C(=O)CCN2CCCCCC2)cc1C. The topological polar surface area (TPSA) is 29.5 Å². The molecule has 0 unspecified atom stereocenters. The number of hydrogen-bond donors (Lipinski definition) is 0. The van der Waals surface area contributed by atoms with Crippen molar-refractivity contribution in [3.05, 3.63) is 28.8 Å². The van der Waals surface area contributed by atoms with Gasteiger partial charge in [-0.15, -0.1) is 0 Å². The number of benzene rings is 1. The van der Waals surface area contributed by atoms with Crippen molar-refractivity contribution < 1.29 is 9.53 Å². The molecule has 1 aromatic carbocycles. The summed E-state index contributed by atoms with van der Waals surface area (Å²) in [6.07, 6.45) is 6.83. The van der Waals surface area contributed by atoms with Gasteiger partial charge in [-0.25, -0.2) is 0 Å². The molecule has 0 radical (unpaired) electrons. The van der Waals surface area contributed by atoms with Crippen molar-refractivity contribution in [1.82, 2.24) is 4.90 Å². The zero-order chi connectivity index (χ0) is 16.7. The van der Waals surface area contributed by atoms with E-state index in [0.717, 1.165) is 55.1 Å². The molecular weight excluding hydrogens is 286 g/mol. The third kappa shape index (κ3) is 5.35. The fourth-order valence-electron chi connectivity index (χ4n) is 3.21. The Morgan fingerprint density at radius 2 is 1.78 bits per heavy atom. The highest BCUT2D eigenvalue weighted by Crippen LogP contribution is 2.24. The standard InChI is InChI=1S/C20H31NO2/c1-4-13-23-20-15-16(2)18(14-17(20)3)19(22)9-12-21-10-7-5-6-8-11-21/h14-15H,4-13H2,1-3H3. The van der Waals surface area contributed by atoms with Gasteiger partial charge in [0.05, 0.1) is 6.61 Å². The lowest BCUT2D eigenvalue weighted by molar-refractivity contribution is 0.0964. The van der Waals surface area contributed by atoms with E-state index in [2.05, 4.69) is 11.8 Å². The van der Waals surface area contributed by atoms with E-state index in [0.29, 0.717) is 6.42 Å². The average molecular weight is 317 g/mol. The number of aryl methyl sites for hydroxylation is 2. The minimum atomic E-state index is 0.261. The Balaban J connectivity index is 1.97. The van der Waals surface area contributed by atoms with E-state index in [4.69, 9.17) is 4.74 Å². The van der Waals surface area contributed by atoms with E-state index < -0.39 is 0 Å². The van der Waals surface area contributed by atoms with Crippen LogP contribution in [0.2, 0.25) is 0 Å². The van der Waals surface area contributed by atoms with Gasteiger partial charge in [0.1, 0.15) is 5.75 Å². The second-order valence-corrected chi connectivity index (χ2v) is 6.71. The molecule has 0 saturated carbocycles. The molecule has 0 amide bonds. The largest absolute Gasteiger partial charge is 0.493 e. The molecule has 3 nitrogen and oxygen atoms in total. The molecule has 0 spiro atoms. The van der Waals surface area contributed by atoms with Crippen molar-refractivity contribution >= 4 is 5.78 Å². The summed E-state index contributed by atoms with van der Waals surface area (Å²) in [7, 11) is 0. The Morgan fingerprint density at radius 3 is 2.43 bits per heavy atom. The quantitative estimate of drug-likeness (QED) is 0.691. The van der Waals surface area contributed by atoms with E-state index in [1.165, 1.54) is 25.7 Å². The third-order valence-electron chi connectivity index (χ3n) is 4.64. The van der Waals surface area contributed by atoms with Gasteiger partial charge >= 0.3 is 0 Å². The van der Waals surface area contributed by atoms with Gasteiger partial charge in [-0.3, -0.25) is 4.79 Å². The van der Waals surface area contributed by atoms with E-state index >= 15 is 0 Å². The monoisotopic (exact) mass is 317 g/mol. The van der Waals surface area contributed by atoms with Crippen LogP contribution in [0.25, 0.3) is 0 Å². The predicted molar refractivity (Wildman–Crippen MR) is 95.6 cm³/mol. The third-order valence-corrected chi connectivity index (χ3v) is 4.64. The zero-order valence-electron chi connectivity index (χ0n) is 15.0. The molecular formula is C20H31NO2. The summed E-state index contributed by atoms with van der Waals surface area (Å²) in [5, 5.41) is 0. The van der Waals surface area contributed by atoms with Gasteiger partial charge < -0.3 is 9.64 Å². The molecule has 1 heterocycles. The van der Waals surface area contributed by atoms with Gasteiger partial charge in [-0.05, 0) is 69.5 Å². The fourth-order valence-corrected chi connectivity index (χ4v) is 3.21. The Morgan fingerprint density at radius 1 is 1.09 bits per heavy atom. The zero-order valence-corrected chi connectivity index (χ0v) is 15.0. The maximum Gasteiger partial charge on any atom is 0.164 e. The number of carbonyl (C=O) groups excluding carboxylic acids is 1. The van der Waals surface area contributed by atoms with E-state index in [9.17, 15) is 4.79 Å². The van der Waals surface area contributed by atoms with E-state index in [-0.39, 0.29) is 5.78 Å². The second kappa shape index (κ2) is 9.07. The van der Waals surface area contributed by atoms with Crippen LogP contribution in [0.1, 0.15) is 66.9 Å². The summed E-state index contributed by atoms with van der Waals surface area (Å²) < 4.78 is 5.75. The summed E-state index contributed by atoms with van der Waals surface area (Å²) in [6.45, 7) is 10.1. The number of ether oxygens (including phenoxy) is 1. The molecule has 0 aliphatic carbocycles. The van der Waals surface area contributed by atoms with Gasteiger partial charge in [0.2, 0.25) is 0 Å². The highest BCUT2D eigenvalue weighted by molar-refractivity contribution is 5.98. The van der Waals surface area contributed by atoms with Crippen LogP contribution < -0.4 is 4.74 Å². The maximum absolute atomic E-state index is 12.6. The molecule has 2 rings (SSSR count). The van der Waals surface area contributed by atoms with Crippen LogP contribution in [-0.2, 0) is 0 Å². The molecule has 0 aromatic heterocycles. The Bertz CT molecular complexity index is 517. The first kappa shape index (κ1) is 18.0. The number of likely N-dealkylation sites (tertiary alicyclic amines) is 1. The lowest BCUT2D eigenvalue weighted by Gasteiger charge is -2.19. The Labute approximate surface area is 141 Å². The van der Waals surface area contributed by atoms with Crippen LogP contribution in [-0.4, -0.2) is 36.9 Å². The molecule has 1 aromatic rings. The minimum absolute atomic E-state index is 0.261. The van der Waals surface area contributed by atoms with Gasteiger partial charge in [0.15, 0.2) is 5.78 Å². The van der Waals surface area contributed by atoms with Crippen LogP contribution in [0.15, 0.2) is 12.1 Å². The second-order valence-electron chi connectivity index (χ2n) is 6.71. The fraction of sp³-hybridized carbons (Fsp3) is 0.650. The number of nitrogens with zero attached hydrogens (tertiary/aromatic N) is 1. The molecule has 3 heteroatoms. The first-order valence-electron chi connectivity index (χ1n) is 9.11. The normalized spacial score (nSPS) is 16.1. The summed E-state index contributed by atoms with van der Waals surface area (Å²) in [4.78, 5) is 15.1. The first-order chi connectivity index (χ1) is 11.1. The molecule has 1 aliphatic heterocycles. The van der Waals surface area contributed by atoms with Crippen molar-refractivity contribution in [2.45, 2.75) is 59.3 Å². The molecule has 128 valence electrons. The van der Waals surface area contributed by atoms with Gasteiger partial charge in [-0.2, -0.15) is 0 Å². The van der Waals surface area contributed by atoms with Crippen LogP contribution in [0, 0.1) is 13.8 Å². The smallest absolute Gasteiger partial charge is 0.164 e. The van der Waals surface area contributed by atoms with E-state index in [1.807, 2.05) is 26.0 Å². The van der Waals surface area contributed by atoms with Crippen LogP contribution >= 0.6 is 0 Å². The maximum atomic E-state index is 12.6. The molecule has 0 bridgehead atoms. The average Bonchev–Trinajstić information content (AvgIpc) is 2.81. The summed E-state index contributed by atoms with van der Waals surface area (Å²) in [5.41, 5.74) is 2.95. The molecule has 1 aliphatic rings. The molecule has 1 fully saturated rings. The van der Waals surface area contributed by atoms with E-state index in [1.54, 1.807) is 0 Å². The van der Waals surface area contributed by atoms with Crippen LogP contribution in [0.4, 0.5) is 0 Å². The number of rotatable bonds is 7. The lowest BCUT2D eigenvalue weighted by Crippen LogP contribution is -2.27. The van der Waals surface area contributed by atoms with Gasteiger partial charge in [-0.1, -0.05) is 19.8 Å². The number of Topliss-reactive ketones (excluding diaryl/α,β-unsaturated/α-hetero) is 1. The minimum Gasteiger partial charge on any atom is -0.493 e. The van der Waals surface area contributed by atoms with Crippen molar-refractivity contribution in [1.29, 1.82) is 0 Å². The number of ketones is 1. The Hall–Kier alpha value is -1.35. The van der Waals surface area contributed by atoms with Crippen molar-refractivity contribution in [2.24, 2.45) is 0 Å².